The van der Waals surface area contributed by atoms with Crippen LogP contribution in [0.15, 0.2) is 54.7 Å². The Bertz CT molecular complexity index is 1200. The second-order valence-corrected chi connectivity index (χ2v) is 9.58. The van der Waals surface area contributed by atoms with E-state index >= 15 is 0 Å². The highest BCUT2D eigenvalue weighted by Crippen LogP contribution is 2.26. The fraction of sp³-hybridized carbons (Fsp3) is 0.385. The van der Waals surface area contributed by atoms with Crippen molar-refractivity contribution in [2.45, 2.75) is 25.7 Å². The number of hydrogen-bond acceptors (Lipinski definition) is 6. The van der Waals surface area contributed by atoms with Gasteiger partial charge in [0.05, 0.1) is 23.1 Å². The summed E-state index contributed by atoms with van der Waals surface area (Å²) < 4.78 is 0. The van der Waals surface area contributed by atoms with Crippen LogP contribution < -0.4 is 16.0 Å². The number of aromatic nitrogens is 2. The van der Waals surface area contributed by atoms with Crippen molar-refractivity contribution in [3.05, 3.63) is 66.0 Å². The minimum atomic E-state index is 0.143. The van der Waals surface area contributed by atoms with E-state index in [1.165, 1.54) is 32.4 Å². The maximum atomic E-state index is 13.2. The molecule has 8 heteroatoms. The number of amides is 1. The molecule has 34 heavy (non-hydrogen) atoms. The van der Waals surface area contributed by atoms with Gasteiger partial charge in [-0.25, -0.2) is 0 Å². The number of carbonyl (C=O) groups excluding carboxylic acids is 1. The number of hydrogen-bond donors (Lipinski definition) is 3. The highest BCUT2D eigenvalue weighted by Gasteiger charge is 2.27. The second kappa shape index (κ2) is 9.12. The fourth-order valence-corrected chi connectivity index (χ4v) is 5.42. The van der Waals surface area contributed by atoms with E-state index in [0.717, 1.165) is 59.6 Å². The van der Waals surface area contributed by atoms with Gasteiger partial charge in [-0.15, -0.1) is 5.53 Å². The number of anilines is 1. The molecule has 3 N–H and O–H groups in total. The summed E-state index contributed by atoms with van der Waals surface area (Å²) in [4.78, 5) is 17.8. The Kier molecular flexibility index (Phi) is 5.68. The van der Waals surface area contributed by atoms with Crippen LogP contribution >= 0.6 is 0 Å². The van der Waals surface area contributed by atoms with E-state index in [9.17, 15) is 4.79 Å². The first-order valence-electron chi connectivity index (χ1n) is 12.3. The first-order chi connectivity index (χ1) is 16.7. The van der Waals surface area contributed by atoms with Crippen molar-refractivity contribution in [2.75, 3.05) is 37.7 Å². The molecule has 2 saturated heterocycles. The summed E-state index contributed by atoms with van der Waals surface area (Å²) in [5.74, 6) is 0.737. The van der Waals surface area contributed by atoms with E-state index in [2.05, 4.69) is 37.0 Å². The van der Waals surface area contributed by atoms with E-state index in [1.807, 2.05) is 53.7 Å². The van der Waals surface area contributed by atoms with Crippen molar-refractivity contribution in [3.8, 4) is 0 Å². The van der Waals surface area contributed by atoms with Crippen LogP contribution in [-0.4, -0.2) is 58.6 Å². The minimum Gasteiger partial charge on any atom is -0.338 e. The number of para-hydroxylation sites is 1. The number of H-pyrrole nitrogens is 1. The average molecular weight is 458 g/mol. The van der Waals surface area contributed by atoms with Gasteiger partial charge in [-0.1, -0.05) is 18.2 Å². The Morgan fingerprint density at radius 1 is 1.00 bits per heavy atom. The zero-order valence-corrected chi connectivity index (χ0v) is 19.3. The number of aromatic amines is 1. The van der Waals surface area contributed by atoms with E-state index in [-0.39, 0.29) is 5.91 Å². The van der Waals surface area contributed by atoms with Gasteiger partial charge in [0.15, 0.2) is 0 Å². The second-order valence-electron chi connectivity index (χ2n) is 9.58. The van der Waals surface area contributed by atoms with Gasteiger partial charge in [0.25, 0.3) is 5.91 Å². The normalized spacial score (nSPS) is 21.2. The Labute approximate surface area is 199 Å². The summed E-state index contributed by atoms with van der Waals surface area (Å²) in [6.45, 7) is 5.31. The molecule has 176 valence electrons. The molecule has 6 rings (SSSR count). The lowest BCUT2D eigenvalue weighted by Crippen LogP contribution is -2.43. The molecular weight excluding hydrogens is 426 g/mol. The molecule has 1 aromatic heterocycles. The number of likely N-dealkylation sites (tertiary alicyclic amines) is 2. The van der Waals surface area contributed by atoms with Crippen LogP contribution in [-0.2, 0) is 0 Å². The molecule has 0 bridgehead atoms. The van der Waals surface area contributed by atoms with Crippen molar-refractivity contribution in [3.63, 3.8) is 0 Å². The lowest BCUT2D eigenvalue weighted by Gasteiger charge is -2.34. The van der Waals surface area contributed by atoms with Crippen molar-refractivity contribution < 1.29 is 4.79 Å². The highest BCUT2D eigenvalue weighted by molar-refractivity contribution is 5.95. The topological polar surface area (TPSA) is 79.5 Å². The number of nitrogens with zero attached hydrogens (tertiary/aromatic N) is 4. The molecule has 1 atom stereocenters. The molecule has 0 saturated carbocycles. The quantitative estimate of drug-likeness (QED) is 0.545. The van der Waals surface area contributed by atoms with Crippen LogP contribution in [0, 0.1) is 5.92 Å². The van der Waals surface area contributed by atoms with Gasteiger partial charge in [-0.05, 0) is 75.0 Å². The highest BCUT2D eigenvalue weighted by atomic mass is 16.2. The molecule has 8 nitrogen and oxygen atoms in total. The predicted octanol–water partition coefficient (Wildman–Crippen LogP) is 3.34. The van der Waals surface area contributed by atoms with Gasteiger partial charge >= 0.3 is 0 Å². The zero-order valence-electron chi connectivity index (χ0n) is 19.3. The number of hydrazine groups is 2. The number of rotatable bonds is 5. The Morgan fingerprint density at radius 3 is 2.68 bits per heavy atom. The third-order valence-corrected chi connectivity index (χ3v) is 7.21. The third kappa shape index (κ3) is 4.15. The minimum absolute atomic E-state index is 0.143. The van der Waals surface area contributed by atoms with Crippen molar-refractivity contribution >= 4 is 28.2 Å². The molecule has 3 aromatic rings. The third-order valence-electron chi connectivity index (χ3n) is 7.21. The standard InChI is InChI=1S/C26H31N7O/c34-26(32-15-5-6-19(17-32)16-31-13-3-4-14-31)20-9-11-21(12-10-20)33-18-24(28-30-33)25-22-7-1-2-8-23(22)27-29-25/h1-2,7-12,18-19,28,30H,3-6,13-17H2,(H,27,29). The molecule has 2 aromatic carbocycles. The zero-order chi connectivity index (χ0) is 22.9. The fourth-order valence-electron chi connectivity index (χ4n) is 5.42. The Morgan fingerprint density at radius 2 is 1.82 bits per heavy atom. The summed E-state index contributed by atoms with van der Waals surface area (Å²) >= 11 is 0. The van der Waals surface area contributed by atoms with Crippen LogP contribution in [0.1, 0.15) is 41.7 Å². The molecule has 1 unspecified atom stereocenters. The van der Waals surface area contributed by atoms with E-state index in [4.69, 9.17) is 0 Å². The first-order valence-corrected chi connectivity index (χ1v) is 12.3. The van der Waals surface area contributed by atoms with Crippen LogP contribution in [0.2, 0.25) is 0 Å². The van der Waals surface area contributed by atoms with Gasteiger partial charge in [0.2, 0.25) is 0 Å². The lowest BCUT2D eigenvalue weighted by atomic mass is 9.96. The number of carbonyl (C=O) groups is 1. The first kappa shape index (κ1) is 21.2. The van der Waals surface area contributed by atoms with Gasteiger partial charge in [-0.2, -0.15) is 5.10 Å². The van der Waals surface area contributed by atoms with Crippen LogP contribution in [0.4, 0.5) is 5.69 Å². The molecule has 3 aliphatic heterocycles. The number of benzene rings is 2. The largest absolute Gasteiger partial charge is 0.338 e. The maximum Gasteiger partial charge on any atom is 0.253 e. The molecule has 0 aliphatic carbocycles. The number of piperidine rings is 1. The Balaban J connectivity index is 1.12. The summed E-state index contributed by atoms with van der Waals surface area (Å²) in [6, 6.07) is 15.9. The van der Waals surface area contributed by atoms with Gasteiger partial charge in [-0.3, -0.25) is 20.3 Å². The van der Waals surface area contributed by atoms with Crippen molar-refractivity contribution in [1.29, 1.82) is 0 Å². The molecule has 4 heterocycles. The lowest BCUT2D eigenvalue weighted by molar-refractivity contribution is 0.0648. The molecule has 1 amide bonds. The summed E-state index contributed by atoms with van der Waals surface area (Å²) in [6.07, 6.45) is 6.94. The molecular formula is C26H31N7O. The van der Waals surface area contributed by atoms with Crippen LogP contribution in [0.3, 0.4) is 0 Å². The summed E-state index contributed by atoms with van der Waals surface area (Å²) in [5, 5.41) is 10.5. The Hall–Kier alpha value is -3.36. The summed E-state index contributed by atoms with van der Waals surface area (Å²) in [5.41, 5.74) is 10.8. The van der Waals surface area contributed by atoms with Gasteiger partial charge in [0.1, 0.15) is 5.69 Å². The average Bonchev–Trinajstić information content (AvgIpc) is 3.65. The van der Waals surface area contributed by atoms with Crippen molar-refractivity contribution in [2.24, 2.45) is 5.92 Å². The number of nitrogens with one attached hydrogen (secondary N) is 3. The molecule has 0 radical (unpaired) electrons. The van der Waals surface area contributed by atoms with Crippen LogP contribution in [0.25, 0.3) is 16.6 Å². The number of fused-ring (bicyclic) bond motifs is 1. The molecule has 0 spiro atoms. The molecule has 3 aliphatic rings. The SMILES string of the molecule is O=C(c1ccc(N2C=C(c3n[nH]c4ccccc34)NN2)cc1)N1CCCC(CN2CCCC2)C1. The van der Waals surface area contributed by atoms with Crippen molar-refractivity contribution in [1.82, 2.24) is 31.0 Å². The predicted molar refractivity (Wildman–Crippen MR) is 134 cm³/mol. The maximum absolute atomic E-state index is 13.2. The van der Waals surface area contributed by atoms with Crippen LogP contribution in [0.5, 0.6) is 0 Å². The van der Waals surface area contributed by atoms with Gasteiger partial charge < -0.3 is 9.80 Å². The van der Waals surface area contributed by atoms with Gasteiger partial charge in [0, 0.05) is 30.6 Å². The summed E-state index contributed by atoms with van der Waals surface area (Å²) in [7, 11) is 0. The monoisotopic (exact) mass is 457 g/mol. The smallest absolute Gasteiger partial charge is 0.253 e. The van der Waals surface area contributed by atoms with E-state index < -0.39 is 0 Å². The van der Waals surface area contributed by atoms with E-state index in [1.54, 1.807) is 0 Å². The van der Waals surface area contributed by atoms with E-state index in [0.29, 0.717) is 5.92 Å². The molecule has 2 fully saturated rings.